The third-order valence-electron chi connectivity index (χ3n) is 7.23. The highest BCUT2D eigenvalue weighted by Crippen LogP contribution is 2.27. The van der Waals surface area contributed by atoms with Crippen LogP contribution < -0.4 is 4.74 Å². The van der Waals surface area contributed by atoms with Crippen molar-refractivity contribution >= 4 is 10.1 Å². The summed E-state index contributed by atoms with van der Waals surface area (Å²) in [4.78, 5) is -0.0704. The van der Waals surface area contributed by atoms with E-state index in [1.165, 1.54) is 141 Å². The highest BCUT2D eigenvalue weighted by atomic mass is 32.2. The van der Waals surface area contributed by atoms with Gasteiger partial charge in [0, 0.05) is 0 Å². The van der Waals surface area contributed by atoms with E-state index in [2.05, 4.69) is 6.92 Å². The van der Waals surface area contributed by atoms with Gasteiger partial charge in [-0.15, -0.1) is 0 Å². The zero-order chi connectivity index (χ0) is 26.5. The minimum atomic E-state index is -4.18. The molecule has 0 aromatic heterocycles. The number of hydrogen-bond donors (Lipinski definition) is 1. The normalized spacial score (nSPS) is 11.8. The molecule has 0 heterocycles. The van der Waals surface area contributed by atoms with Crippen LogP contribution in [0.2, 0.25) is 0 Å². The van der Waals surface area contributed by atoms with Crippen molar-refractivity contribution in [1.82, 2.24) is 0 Å². The van der Waals surface area contributed by atoms with Crippen LogP contribution in [0.15, 0.2) is 17.0 Å². The average molecular weight is 525 g/mol. The third-order valence-corrected chi connectivity index (χ3v) is 8.06. The maximum absolute atomic E-state index is 11.3. The van der Waals surface area contributed by atoms with Gasteiger partial charge in [-0.05, 0) is 43.5 Å². The fourth-order valence-corrected chi connectivity index (χ4v) is 5.65. The maximum Gasteiger partial charge on any atom is 0.294 e. The topological polar surface area (TPSA) is 63.6 Å². The van der Waals surface area contributed by atoms with Crippen molar-refractivity contribution in [2.75, 3.05) is 6.61 Å². The predicted octanol–water partition coefficient (Wildman–Crippen LogP) is 10.1. The summed E-state index contributed by atoms with van der Waals surface area (Å²) in [6, 6.07) is 2.94. The molecule has 0 aliphatic heterocycles. The van der Waals surface area contributed by atoms with Gasteiger partial charge in [0.1, 0.15) is 5.75 Å². The molecule has 0 amide bonds. The van der Waals surface area contributed by atoms with Gasteiger partial charge in [-0.3, -0.25) is 4.55 Å². The van der Waals surface area contributed by atoms with Gasteiger partial charge >= 0.3 is 0 Å². The van der Waals surface area contributed by atoms with Gasteiger partial charge in [-0.25, -0.2) is 0 Å². The molecule has 36 heavy (non-hydrogen) atoms. The van der Waals surface area contributed by atoms with Crippen LogP contribution in [0.25, 0.3) is 0 Å². The Hall–Kier alpha value is -1.07. The summed E-state index contributed by atoms with van der Waals surface area (Å²) in [5.41, 5.74) is 1.48. The fraction of sp³-hybridized carbons (Fsp3) is 0.806. The largest absolute Gasteiger partial charge is 0.493 e. The molecule has 1 aromatic rings. The first-order valence-electron chi connectivity index (χ1n) is 15.1. The summed E-state index contributed by atoms with van der Waals surface area (Å²) >= 11 is 0. The van der Waals surface area contributed by atoms with E-state index in [1.54, 1.807) is 0 Å². The third kappa shape index (κ3) is 16.6. The second-order valence-corrected chi connectivity index (χ2v) is 12.2. The SMILES string of the molecule is CCCCCCCCCCCCCCCCCCCCCCCOc1c(C)cc(S(=O)(=O)O)cc1C. The molecule has 0 unspecified atom stereocenters. The van der Waals surface area contributed by atoms with E-state index in [9.17, 15) is 13.0 Å². The van der Waals surface area contributed by atoms with Crippen LogP contribution in [-0.2, 0) is 10.1 Å². The summed E-state index contributed by atoms with van der Waals surface area (Å²) < 4.78 is 37.8. The summed E-state index contributed by atoms with van der Waals surface area (Å²) in [6.07, 6.45) is 28.8. The number of hydrogen-bond acceptors (Lipinski definition) is 3. The van der Waals surface area contributed by atoms with Crippen LogP contribution in [0.4, 0.5) is 0 Å². The molecular formula is C31H56O4S. The first-order chi connectivity index (χ1) is 17.4. The summed E-state index contributed by atoms with van der Waals surface area (Å²) in [6.45, 7) is 6.56. The highest BCUT2D eigenvalue weighted by Gasteiger charge is 2.14. The molecular weight excluding hydrogens is 468 g/mol. The molecule has 0 aliphatic carbocycles. The van der Waals surface area contributed by atoms with E-state index in [-0.39, 0.29) is 4.90 Å². The van der Waals surface area contributed by atoms with Crippen LogP contribution in [0, 0.1) is 13.8 Å². The quantitative estimate of drug-likeness (QED) is 0.108. The van der Waals surface area contributed by atoms with Crippen LogP contribution >= 0.6 is 0 Å². The van der Waals surface area contributed by atoms with E-state index >= 15 is 0 Å². The zero-order valence-corrected chi connectivity index (χ0v) is 24.6. The molecule has 0 aliphatic rings. The first-order valence-corrected chi connectivity index (χ1v) is 16.5. The Morgan fingerprint density at radius 3 is 1.19 bits per heavy atom. The van der Waals surface area contributed by atoms with Gasteiger partial charge in [0.15, 0.2) is 0 Å². The van der Waals surface area contributed by atoms with E-state index in [1.807, 2.05) is 13.8 Å². The molecule has 0 radical (unpaired) electrons. The maximum atomic E-state index is 11.3. The Balaban J connectivity index is 1.86. The van der Waals surface area contributed by atoms with Gasteiger partial charge in [-0.2, -0.15) is 8.42 Å². The Morgan fingerprint density at radius 1 is 0.583 bits per heavy atom. The van der Waals surface area contributed by atoms with Gasteiger partial charge in [0.25, 0.3) is 10.1 Å². The second kappa shape index (κ2) is 20.9. The van der Waals surface area contributed by atoms with E-state index in [0.717, 1.165) is 23.3 Å². The molecule has 0 spiro atoms. The van der Waals surface area contributed by atoms with Crippen molar-refractivity contribution in [3.63, 3.8) is 0 Å². The summed E-state index contributed by atoms with van der Waals surface area (Å²) in [7, 11) is -4.18. The molecule has 0 atom stereocenters. The van der Waals surface area contributed by atoms with Crippen LogP contribution in [-0.4, -0.2) is 19.6 Å². The van der Waals surface area contributed by atoms with Crippen molar-refractivity contribution in [1.29, 1.82) is 0 Å². The molecule has 1 rings (SSSR count). The number of rotatable bonds is 24. The van der Waals surface area contributed by atoms with Crippen LogP contribution in [0.1, 0.15) is 153 Å². The van der Waals surface area contributed by atoms with Crippen molar-refractivity contribution in [3.05, 3.63) is 23.3 Å². The first kappa shape index (κ1) is 33.0. The van der Waals surface area contributed by atoms with Gasteiger partial charge in [0.2, 0.25) is 0 Å². The Labute approximate surface area is 223 Å². The highest BCUT2D eigenvalue weighted by molar-refractivity contribution is 7.85. The predicted molar refractivity (Wildman–Crippen MR) is 154 cm³/mol. The molecule has 210 valence electrons. The van der Waals surface area contributed by atoms with Gasteiger partial charge in [0.05, 0.1) is 11.5 Å². The molecule has 4 nitrogen and oxygen atoms in total. The molecule has 0 saturated carbocycles. The van der Waals surface area contributed by atoms with Crippen LogP contribution in [0.3, 0.4) is 0 Å². The molecule has 0 saturated heterocycles. The zero-order valence-electron chi connectivity index (χ0n) is 23.8. The second-order valence-electron chi connectivity index (χ2n) is 10.8. The Bertz CT molecular complexity index is 750. The molecule has 0 fully saturated rings. The van der Waals surface area contributed by atoms with Crippen molar-refractivity contribution in [2.24, 2.45) is 0 Å². The number of ether oxygens (including phenoxy) is 1. The minimum absolute atomic E-state index is 0.0704. The smallest absolute Gasteiger partial charge is 0.294 e. The lowest BCUT2D eigenvalue weighted by Gasteiger charge is -2.13. The van der Waals surface area contributed by atoms with Gasteiger partial charge < -0.3 is 4.74 Å². The summed E-state index contributed by atoms with van der Waals surface area (Å²) in [5, 5.41) is 0. The Morgan fingerprint density at radius 2 is 0.889 bits per heavy atom. The molecule has 1 aromatic carbocycles. The van der Waals surface area contributed by atoms with E-state index < -0.39 is 10.1 Å². The van der Waals surface area contributed by atoms with Crippen LogP contribution in [0.5, 0.6) is 5.75 Å². The van der Waals surface area contributed by atoms with Crippen molar-refractivity contribution in [2.45, 2.75) is 161 Å². The van der Waals surface area contributed by atoms with E-state index in [4.69, 9.17) is 4.74 Å². The average Bonchev–Trinajstić information content (AvgIpc) is 2.83. The summed E-state index contributed by atoms with van der Waals surface area (Å²) in [5.74, 6) is 0.732. The van der Waals surface area contributed by atoms with Gasteiger partial charge in [-0.1, -0.05) is 135 Å². The standard InChI is InChI=1S/C31H56O4S/c1-4-5-6-7-8-9-10-11-12-13-14-15-16-17-18-19-20-21-22-23-24-25-35-31-28(2)26-30(27-29(31)3)36(32,33)34/h26-27H,4-25H2,1-3H3,(H,32,33,34). The van der Waals surface area contributed by atoms with E-state index in [0.29, 0.717) is 6.61 Å². The lowest BCUT2D eigenvalue weighted by Crippen LogP contribution is -2.04. The molecule has 0 bridgehead atoms. The Kier molecular flexibility index (Phi) is 19.2. The number of aryl methyl sites for hydroxylation is 2. The van der Waals surface area contributed by atoms with Crippen molar-refractivity contribution in [3.8, 4) is 5.75 Å². The minimum Gasteiger partial charge on any atom is -0.493 e. The molecule has 5 heteroatoms. The fourth-order valence-electron chi connectivity index (χ4n) is 5.00. The number of benzene rings is 1. The number of unbranched alkanes of at least 4 members (excludes halogenated alkanes) is 20. The molecule has 1 N–H and O–H groups in total. The lowest BCUT2D eigenvalue weighted by atomic mass is 10.0. The lowest BCUT2D eigenvalue weighted by molar-refractivity contribution is 0.300. The van der Waals surface area contributed by atoms with Crippen molar-refractivity contribution < 1.29 is 17.7 Å². The monoisotopic (exact) mass is 524 g/mol.